The third kappa shape index (κ3) is 6.81. The molecule has 0 radical (unpaired) electrons. The van der Waals surface area contributed by atoms with Gasteiger partial charge in [-0.05, 0) is 65.7 Å². The van der Waals surface area contributed by atoms with Crippen LogP contribution >= 0.6 is 0 Å². The summed E-state index contributed by atoms with van der Waals surface area (Å²) in [7, 11) is 0. The molecule has 1 aliphatic rings. The van der Waals surface area contributed by atoms with E-state index in [9.17, 15) is 31.1 Å². The Morgan fingerprint density at radius 1 is 0.929 bits per heavy atom. The Morgan fingerprint density at radius 3 is 1.79 bits per heavy atom. The molecule has 1 fully saturated rings. The van der Waals surface area contributed by atoms with Crippen molar-refractivity contribution in [3.05, 3.63) is 0 Å². The van der Waals surface area contributed by atoms with Gasteiger partial charge in [-0.2, -0.15) is 26.3 Å². The van der Waals surface area contributed by atoms with Crippen LogP contribution in [0.5, 0.6) is 0 Å². The van der Waals surface area contributed by atoms with Crippen LogP contribution in [-0.4, -0.2) is 36.6 Å². The zero-order valence-corrected chi connectivity index (χ0v) is 17.0. The molecule has 0 aliphatic heterocycles. The average Bonchev–Trinajstić information content (AvgIpc) is 2.52. The molecule has 1 aliphatic carbocycles. The molecule has 0 aromatic rings. The van der Waals surface area contributed by atoms with E-state index < -0.39 is 35.9 Å². The van der Waals surface area contributed by atoms with E-state index in [-0.39, 0.29) is 18.0 Å². The Hall–Kier alpha value is -0.990. The van der Waals surface area contributed by atoms with Gasteiger partial charge in [-0.1, -0.05) is 6.92 Å². The van der Waals surface area contributed by atoms with Crippen LogP contribution in [-0.2, 0) is 14.3 Å². The SMILES string of the molecule is CCC(C)(C)C(=O)OC1CCC(C(C)(C)OCC(C(F)(F)F)C(F)(F)F)CC1. The highest BCUT2D eigenvalue weighted by Crippen LogP contribution is 2.42. The summed E-state index contributed by atoms with van der Waals surface area (Å²) in [6.07, 6.45) is -8.47. The fraction of sp³-hybridized carbons (Fsp3) is 0.947. The Labute approximate surface area is 162 Å². The van der Waals surface area contributed by atoms with Crippen molar-refractivity contribution in [1.82, 2.24) is 0 Å². The van der Waals surface area contributed by atoms with E-state index in [1.165, 1.54) is 13.8 Å². The van der Waals surface area contributed by atoms with Crippen molar-refractivity contribution in [3.8, 4) is 0 Å². The molecule has 166 valence electrons. The van der Waals surface area contributed by atoms with Crippen molar-refractivity contribution in [2.24, 2.45) is 17.3 Å². The summed E-state index contributed by atoms with van der Waals surface area (Å²) >= 11 is 0. The number of esters is 1. The molecular weight excluding hydrogens is 390 g/mol. The fourth-order valence-electron chi connectivity index (χ4n) is 3.12. The highest BCUT2D eigenvalue weighted by molar-refractivity contribution is 5.75. The Morgan fingerprint density at radius 2 is 1.39 bits per heavy atom. The Bertz CT molecular complexity index is 503. The molecule has 1 rings (SSSR count). The number of halogens is 6. The second-order valence-corrected chi connectivity index (χ2v) is 8.67. The molecule has 0 bridgehead atoms. The standard InChI is InChI=1S/C19H30F6O3/c1-6-16(2,3)15(26)28-13-9-7-12(8-10-13)17(4,5)27-11-14(18(20,21)22)19(23,24)25/h12-14H,6-11H2,1-5H3. The lowest BCUT2D eigenvalue weighted by Crippen LogP contribution is -2.45. The minimum Gasteiger partial charge on any atom is -0.462 e. The molecule has 0 spiro atoms. The van der Waals surface area contributed by atoms with Crippen LogP contribution in [0.25, 0.3) is 0 Å². The highest BCUT2D eigenvalue weighted by atomic mass is 19.4. The van der Waals surface area contributed by atoms with E-state index in [1.807, 2.05) is 6.92 Å². The van der Waals surface area contributed by atoms with Gasteiger partial charge in [0.1, 0.15) is 6.10 Å². The maximum Gasteiger partial charge on any atom is 0.402 e. The molecule has 0 atom stereocenters. The van der Waals surface area contributed by atoms with Gasteiger partial charge in [-0.25, -0.2) is 0 Å². The van der Waals surface area contributed by atoms with Gasteiger partial charge in [0.2, 0.25) is 0 Å². The molecule has 0 saturated heterocycles. The molecule has 28 heavy (non-hydrogen) atoms. The van der Waals surface area contributed by atoms with Gasteiger partial charge in [0.25, 0.3) is 0 Å². The number of hydrogen-bond acceptors (Lipinski definition) is 3. The number of alkyl halides is 6. The quantitative estimate of drug-likeness (QED) is 0.371. The van der Waals surface area contributed by atoms with Gasteiger partial charge in [0.15, 0.2) is 5.92 Å². The predicted octanol–water partition coefficient (Wildman–Crippen LogP) is 6.06. The van der Waals surface area contributed by atoms with Crippen molar-refractivity contribution in [2.45, 2.75) is 90.8 Å². The number of ether oxygens (including phenoxy) is 2. The minimum absolute atomic E-state index is 0.219. The van der Waals surface area contributed by atoms with Gasteiger partial charge < -0.3 is 9.47 Å². The first-order valence-electron chi connectivity index (χ1n) is 9.49. The number of carbonyl (C=O) groups is 1. The molecule has 9 heteroatoms. The highest BCUT2D eigenvalue weighted by Gasteiger charge is 2.57. The molecule has 1 saturated carbocycles. The van der Waals surface area contributed by atoms with Crippen LogP contribution < -0.4 is 0 Å². The first kappa shape index (κ1) is 25.0. The average molecular weight is 420 g/mol. The molecule has 0 amide bonds. The van der Waals surface area contributed by atoms with E-state index in [0.29, 0.717) is 32.1 Å². The van der Waals surface area contributed by atoms with E-state index in [0.717, 1.165) is 0 Å². The lowest BCUT2D eigenvalue weighted by atomic mass is 9.77. The smallest absolute Gasteiger partial charge is 0.402 e. The Balaban J connectivity index is 2.62. The lowest BCUT2D eigenvalue weighted by molar-refractivity contribution is -0.301. The first-order chi connectivity index (χ1) is 12.5. The summed E-state index contributed by atoms with van der Waals surface area (Å²) in [4.78, 5) is 12.1. The molecular formula is C19H30F6O3. The fourth-order valence-corrected chi connectivity index (χ4v) is 3.12. The monoisotopic (exact) mass is 420 g/mol. The second-order valence-electron chi connectivity index (χ2n) is 8.67. The van der Waals surface area contributed by atoms with E-state index >= 15 is 0 Å². The van der Waals surface area contributed by atoms with Gasteiger partial charge in [0.05, 0.1) is 17.6 Å². The summed E-state index contributed by atoms with van der Waals surface area (Å²) < 4.78 is 86.7. The van der Waals surface area contributed by atoms with Crippen LogP contribution in [0.4, 0.5) is 26.3 Å². The maximum atomic E-state index is 12.7. The van der Waals surface area contributed by atoms with E-state index in [1.54, 1.807) is 13.8 Å². The summed E-state index contributed by atoms with van der Waals surface area (Å²) in [5, 5.41) is 0. The van der Waals surface area contributed by atoms with Gasteiger partial charge >= 0.3 is 18.3 Å². The first-order valence-corrected chi connectivity index (χ1v) is 9.49. The summed E-state index contributed by atoms with van der Waals surface area (Å²) in [6, 6.07) is 0. The second kappa shape index (κ2) is 8.79. The zero-order valence-electron chi connectivity index (χ0n) is 17.0. The van der Waals surface area contributed by atoms with Crippen LogP contribution in [0.1, 0.15) is 66.7 Å². The number of rotatable bonds is 7. The summed E-state index contributed by atoms with van der Waals surface area (Å²) in [6.45, 7) is 7.01. The molecule has 0 unspecified atom stereocenters. The van der Waals surface area contributed by atoms with Gasteiger partial charge in [-0.3, -0.25) is 4.79 Å². The van der Waals surface area contributed by atoms with Crippen LogP contribution in [0.3, 0.4) is 0 Å². The summed E-state index contributed by atoms with van der Waals surface area (Å²) in [5.41, 5.74) is -1.74. The minimum atomic E-state index is -5.41. The zero-order chi connectivity index (χ0) is 22.0. The molecule has 0 heterocycles. The largest absolute Gasteiger partial charge is 0.462 e. The van der Waals surface area contributed by atoms with Crippen molar-refractivity contribution < 1.29 is 40.6 Å². The molecule has 3 nitrogen and oxygen atoms in total. The predicted molar refractivity (Wildman–Crippen MR) is 91.5 cm³/mol. The van der Waals surface area contributed by atoms with E-state index in [4.69, 9.17) is 9.47 Å². The van der Waals surface area contributed by atoms with Crippen LogP contribution in [0.15, 0.2) is 0 Å². The summed E-state index contributed by atoms with van der Waals surface area (Å²) in [5.74, 6) is -4.02. The lowest BCUT2D eigenvalue weighted by Gasteiger charge is -2.40. The number of hydrogen-bond donors (Lipinski definition) is 0. The van der Waals surface area contributed by atoms with Crippen molar-refractivity contribution in [3.63, 3.8) is 0 Å². The van der Waals surface area contributed by atoms with Crippen molar-refractivity contribution >= 4 is 5.97 Å². The van der Waals surface area contributed by atoms with Crippen molar-refractivity contribution in [2.75, 3.05) is 6.61 Å². The van der Waals surface area contributed by atoms with Crippen LogP contribution in [0, 0.1) is 17.3 Å². The van der Waals surface area contributed by atoms with Crippen molar-refractivity contribution in [1.29, 1.82) is 0 Å². The molecule has 0 aromatic carbocycles. The maximum absolute atomic E-state index is 12.7. The third-order valence-corrected chi connectivity index (χ3v) is 5.78. The van der Waals surface area contributed by atoms with E-state index in [2.05, 4.69) is 0 Å². The van der Waals surface area contributed by atoms with Crippen LogP contribution in [0.2, 0.25) is 0 Å². The van der Waals surface area contributed by atoms with Gasteiger partial charge in [-0.15, -0.1) is 0 Å². The normalized spacial score (nSPS) is 22.4. The topological polar surface area (TPSA) is 35.5 Å². The number of carbonyl (C=O) groups excluding carboxylic acids is 1. The van der Waals surface area contributed by atoms with Gasteiger partial charge in [0, 0.05) is 0 Å². The third-order valence-electron chi connectivity index (χ3n) is 5.78. The molecule has 0 aromatic heterocycles. The Kier molecular flexibility index (Phi) is 7.87. The molecule has 0 N–H and O–H groups in total.